The molecule has 2 aromatic carbocycles. The van der Waals surface area contributed by atoms with Gasteiger partial charge in [-0.15, -0.1) is 0 Å². The summed E-state index contributed by atoms with van der Waals surface area (Å²) in [7, 11) is 2.05. The van der Waals surface area contributed by atoms with Crippen LogP contribution in [-0.4, -0.2) is 42.4 Å². The fraction of sp³-hybridized carbons (Fsp3) is 0.231. The summed E-state index contributed by atoms with van der Waals surface area (Å²) in [6, 6.07) is 10.5. The smallest absolute Gasteiger partial charge is 0.270 e. The Kier molecular flexibility index (Phi) is 5.48. The number of hydrogen-bond acceptors (Lipinski definition) is 6. The molecular formula is C26H22Cl2FN7O. The van der Waals surface area contributed by atoms with Crippen molar-refractivity contribution in [2.75, 3.05) is 18.9 Å². The van der Waals surface area contributed by atoms with Gasteiger partial charge in [-0.2, -0.15) is 4.98 Å². The molecule has 0 aliphatic carbocycles. The van der Waals surface area contributed by atoms with E-state index in [1.165, 1.54) is 16.3 Å². The summed E-state index contributed by atoms with van der Waals surface area (Å²) in [4.78, 5) is 29.3. The Morgan fingerprint density at radius 3 is 2.62 bits per heavy atom. The van der Waals surface area contributed by atoms with E-state index in [1.54, 1.807) is 16.8 Å². The van der Waals surface area contributed by atoms with Crippen molar-refractivity contribution in [1.82, 2.24) is 28.8 Å². The number of rotatable bonds is 3. The van der Waals surface area contributed by atoms with Crippen LogP contribution < -0.4 is 10.9 Å². The highest BCUT2D eigenvalue weighted by Gasteiger charge is 2.36. The molecule has 6 rings (SSSR count). The first kappa shape index (κ1) is 23.8. The van der Waals surface area contributed by atoms with Crippen molar-refractivity contribution >= 4 is 46.0 Å². The lowest BCUT2D eigenvalue weighted by Gasteiger charge is -2.43. The van der Waals surface area contributed by atoms with Crippen molar-refractivity contribution in [1.29, 1.82) is 0 Å². The number of likely N-dealkylation sites (N-methyl/N-ethyl adjacent to an activating group) is 1. The summed E-state index contributed by atoms with van der Waals surface area (Å²) in [5.74, 6) is -0.00747. The largest absolute Gasteiger partial charge is 0.335 e. The molecule has 3 aromatic heterocycles. The molecule has 0 spiro atoms. The van der Waals surface area contributed by atoms with Gasteiger partial charge >= 0.3 is 0 Å². The van der Waals surface area contributed by atoms with Crippen molar-refractivity contribution in [3.8, 4) is 5.69 Å². The van der Waals surface area contributed by atoms with Crippen molar-refractivity contribution in [3.63, 3.8) is 0 Å². The number of benzene rings is 2. The highest BCUT2D eigenvalue weighted by Crippen LogP contribution is 2.38. The molecule has 0 radical (unpaired) electrons. The molecule has 0 amide bonds. The van der Waals surface area contributed by atoms with Gasteiger partial charge in [-0.1, -0.05) is 61.3 Å². The van der Waals surface area contributed by atoms with E-state index in [0.29, 0.717) is 11.6 Å². The maximum Gasteiger partial charge on any atom is 0.270 e. The summed E-state index contributed by atoms with van der Waals surface area (Å²) >= 11 is 12.6. The normalized spacial score (nSPS) is 17.3. The topological polar surface area (TPSA) is 80.4 Å². The Balaban J connectivity index is 1.50. The third-order valence-corrected chi connectivity index (χ3v) is 7.37. The standard InChI is InChI=1S/C26H22Cl2FN7O/c1-26(2)13-34(3)21(15-6-4-5-7-17(15)26)32-24-31-12-16-22(33-24)35-9-8-30-25(35)36(23(16)37)20-18(27)10-14(29)11-19(20)28/h4-12,21H,13H2,1-3H3,(H,31,32,33). The molecule has 4 heterocycles. The van der Waals surface area contributed by atoms with Gasteiger partial charge in [0.15, 0.2) is 5.65 Å². The summed E-state index contributed by atoms with van der Waals surface area (Å²) in [5, 5.41) is 3.64. The van der Waals surface area contributed by atoms with Crippen LogP contribution in [-0.2, 0) is 5.41 Å². The summed E-state index contributed by atoms with van der Waals surface area (Å²) in [6.45, 7) is 5.29. The second kappa shape index (κ2) is 8.51. The minimum Gasteiger partial charge on any atom is -0.335 e. The maximum atomic E-state index is 13.8. The van der Waals surface area contributed by atoms with Crippen LogP contribution in [0.5, 0.6) is 0 Å². The third kappa shape index (κ3) is 3.77. The zero-order valence-corrected chi connectivity index (χ0v) is 21.7. The molecule has 188 valence electrons. The highest BCUT2D eigenvalue weighted by molar-refractivity contribution is 6.37. The molecule has 0 bridgehead atoms. The van der Waals surface area contributed by atoms with Crippen molar-refractivity contribution in [2.24, 2.45) is 0 Å². The van der Waals surface area contributed by atoms with E-state index in [1.807, 2.05) is 6.07 Å². The second-order valence-electron chi connectivity index (χ2n) is 9.82. The van der Waals surface area contributed by atoms with Crippen molar-refractivity contribution in [2.45, 2.75) is 25.4 Å². The molecule has 1 aliphatic rings. The lowest BCUT2D eigenvalue weighted by molar-refractivity contribution is 0.193. The van der Waals surface area contributed by atoms with Gasteiger partial charge in [0.2, 0.25) is 11.7 Å². The molecular weight excluding hydrogens is 516 g/mol. The van der Waals surface area contributed by atoms with Crippen LogP contribution in [0.3, 0.4) is 0 Å². The lowest BCUT2D eigenvalue weighted by atomic mass is 9.77. The number of aromatic nitrogens is 5. The first-order valence-electron chi connectivity index (χ1n) is 11.6. The minimum atomic E-state index is -0.608. The van der Waals surface area contributed by atoms with Gasteiger partial charge in [-0.05, 0) is 30.3 Å². The first-order chi connectivity index (χ1) is 17.7. The van der Waals surface area contributed by atoms with Crippen LogP contribution in [0.25, 0.3) is 22.5 Å². The molecule has 1 atom stereocenters. The van der Waals surface area contributed by atoms with Crippen molar-refractivity contribution < 1.29 is 4.39 Å². The predicted molar refractivity (Wildman–Crippen MR) is 142 cm³/mol. The fourth-order valence-electron chi connectivity index (χ4n) is 5.26. The number of halogens is 3. The van der Waals surface area contributed by atoms with Crippen LogP contribution in [0, 0.1) is 5.82 Å². The van der Waals surface area contributed by atoms with E-state index in [-0.39, 0.29) is 38.5 Å². The molecule has 11 heteroatoms. The Bertz CT molecular complexity index is 1740. The average Bonchev–Trinajstić information content (AvgIpc) is 3.33. The number of nitrogens with zero attached hydrogens (tertiary/aromatic N) is 6. The number of imidazole rings is 1. The van der Waals surface area contributed by atoms with Crippen molar-refractivity contribution in [3.05, 3.63) is 92.3 Å². The number of nitrogens with one attached hydrogen (secondary N) is 1. The minimum absolute atomic E-state index is 0.00920. The lowest BCUT2D eigenvalue weighted by Crippen LogP contribution is -2.45. The van der Waals surface area contributed by atoms with E-state index in [2.05, 4.69) is 59.3 Å². The molecule has 1 unspecified atom stereocenters. The van der Waals surface area contributed by atoms with Gasteiger partial charge in [0.05, 0.1) is 15.7 Å². The quantitative estimate of drug-likeness (QED) is 0.340. The molecule has 1 aliphatic heterocycles. The fourth-order valence-corrected chi connectivity index (χ4v) is 5.89. The Hall–Kier alpha value is -3.53. The number of hydrogen-bond donors (Lipinski definition) is 1. The monoisotopic (exact) mass is 537 g/mol. The summed E-state index contributed by atoms with van der Waals surface area (Å²) in [6.07, 6.45) is 4.53. The summed E-state index contributed by atoms with van der Waals surface area (Å²) < 4.78 is 16.7. The summed E-state index contributed by atoms with van der Waals surface area (Å²) in [5.41, 5.74) is 2.43. The number of fused-ring (bicyclic) bond motifs is 4. The highest BCUT2D eigenvalue weighted by atomic mass is 35.5. The Labute approximate surface area is 221 Å². The molecule has 0 saturated heterocycles. The molecule has 8 nitrogen and oxygen atoms in total. The van der Waals surface area contributed by atoms with Crippen LogP contribution in [0.1, 0.15) is 31.1 Å². The van der Waals surface area contributed by atoms with E-state index in [0.717, 1.165) is 24.2 Å². The second-order valence-corrected chi connectivity index (χ2v) is 10.6. The van der Waals surface area contributed by atoms with E-state index < -0.39 is 11.4 Å². The van der Waals surface area contributed by atoms with E-state index in [4.69, 9.17) is 28.2 Å². The van der Waals surface area contributed by atoms with Gasteiger partial charge in [-0.25, -0.2) is 18.9 Å². The van der Waals surface area contributed by atoms with Crippen LogP contribution >= 0.6 is 23.2 Å². The SMILES string of the molecule is CN1CC(C)(C)c2ccccc2C1Nc1ncc2c(=O)n(-c3c(Cl)cc(F)cc3Cl)c3nccn3c2n1. The maximum absolute atomic E-state index is 13.8. The Morgan fingerprint density at radius 1 is 1.14 bits per heavy atom. The van der Waals surface area contributed by atoms with Gasteiger partial charge in [0.25, 0.3) is 5.56 Å². The molecule has 1 N–H and O–H groups in total. The van der Waals surface area contributed by atoms with Gasteiger partial charge < -0.3 is 5.32 Å². The van der Waals surface area contributed by atoms with E-state index in [9.17, 15) is 9.18 Å². The zero-order chi connectivity index (χ0) is 26.1. The first-order valence-corrected chi connectivity index (χ1v) is 12.4. The van der Waals surface area contributed by atoms with Gasteiger partial charge in [-0.3, -0.25) is 14.1 Å². The molecule has 0 fully saturated rings. The third-order valence-electron chi connectivity index (χ3n) is 6.79. The van der Waals surface area contributed by atoms with Crippen LogP contribution in [0.4, 0.5) is 10.3 Å². The Morgan fingerprint density at radius 2 is 1.86 bits per heavy atom. The van der Waals surface area contributed by atoms with Crippen LogP contribution in [0.2, 0.25) is 10.0 Å². The van der Waals surface area contributed by atoms with Gasteiger partial charge in [0, 0.05) is 30.6 Å². The van der Waals surface area contributed by atoms with Crippen LogP contribution in [0.15, 0.2) is 59.8 Å². The predicted octanol–water partition coefficient (Wildman–Crippen LogP) is 5.21. The van der Waals surface area contributed by atoms with Gasteiger partial charge in [0.1, 0.15) is 17.4 Å². The number of anilines is 1. The zero-order valence-electron chi connectivity index (χ0n) is 20.2. The average molecular weight is 538 g/mol. The molecule has 0 saturated carbocycles. The van der Waals surface area contributed by atoms with E-state index >= 15 is 0 Å². The molecule has 37 heavy (non-hydrogen) atoms. The molecule has 5 aromatic rings.